The van der Waals surface area contributed by atoms with E-state index in [-0.39, 0.29) is 0 Å². The quantitative estimate of drug-likeness (QED) is 0.360. The molecule has 1 aromatic rings. The van der Waals surface area contributed by atoms with E-state index < -0.39 is 0 Å². The normalized spacial score (nSPS) is 10.5. The van der Waals surface area contributed by atoms with Crippen LogP contribution < -0.4 is 9.47 Å². The number of aromatic nitrogens is 1. The van der Waals surface area contributed by atoms with Crippen molar-refractivity contribution in [1.82, 2.24) is 0 Å². The van der Waals surface area contributed by atoms with Crippen molar-refractivity contribution in [1.29, 1.82) is 0 Å². The van der Waals surface area contributed by atoms with E-state index >= 15 is 0 Å². The van der Waals surface area contributed by atoms with Crippen molar-refractivity contribution in [2.24, 2.45) is 0 Å². The standard InChI is InChI=1S/C15H25NO2/c1-2-3-4-5-6-7-8-9-13-18-15-11-10-12-16(17)14-15/h10-12,14H,2-9,13H2,1H3. The third-order valence-electron chi connectivity index (χ3n) is 3.01. The number of hydrogen-bond acceptors (Lipinski definition) is 2. The van der Waals surface area contributed by atoms with Gasteiger partial charge in [0.2, 0.25) is 6.20 Å². The molecule has 0 aliphatic rings. The SMILES string of the molecule is CCCCCCCCCCOc1ccc[n+]([O-])c1. The van der Waals surface area contributed by atoms with Crippen LogP contribution in [0.2, 0.25) is 0 Å². The van der Waals surface area contributed by atoms with Gasteiger partial charge in [-0.25, -0.2) is 0 Å². The first-order valence-corrected chi connectivity index (χ1v) is 7.14. The van der Waals surface area contributed by atoms with E-state index in [4.69, 9.17) is 4.74 Å². The number of pyridine rings is 1. The van der Waals surface area contributed by atoms with E-state index in [1.54, 1.807) is 6.07 Å². The van der Waals surface area contributed by atoms with E-state index in [0.29, 0.717) is 12.4 Å². The predicted octanol–water partition coefficient (Wildman–Crippen LogP) is 3.84. The number of ether oxygens (including phenoxy) is 1. The van der Waals surface area contributed by atoms with Gasteiger partial charge in [-0.05, 0) is 12.5 Å². The van der Waals surface area contributed by atoms with E-state index in [1.807, 2.05) is 6.07 Å². The second-order valence-electron chi connectivity index (χ2n) is 4.72. The van der Waals surface area contributed by atoms with Crippen LogP contribution in [0.1, 0.15) is 58.3 Å². The predicted molar refractivity (Wildman–Crippen MR) is 73.5 cm³/mol. The van der Waals surface area contributed by atoms with Crippen LogP contribution in [0, 0.1) is 5.21 Å². The summed E-state index contributed by atoms with van der Waals surface area (Å²) >= 11 is 0. The first-order valence-electron chi connectivity index (χ1n) is 7.14. The number of hydrogen-bond donors (Lipinski definition) is 0. The van der Waals surface area contributed by atoms with E-state index in [1.165, 1.54) is 57.3 Å². The molecule has 0 unspecified atom stereocenters. The molecule has 0 spiro atoms. The van der Waals surface area contributed by atoms with Gasteiger partial charge >= 0.3 is 0 Å². The zero-order valence-corrected chi connectivity index (χ0v) is 11.4. The zero-order chi connectivity index (χ0) is 13.1. The summed E-state index contributed by atoms with van der Waals surface area (Å²) in [6.07, 6.45) is 13.3. The Morgan fingerprint density at radius 3 is 2.39 bits per heavy atom. The molecule has 0 amide bonds. The maximum atomic E-state index is 11.0. The van der Waals surface area contributed by atoms with Crippen molar-refractivity contribution in [3.63, 3.8) is 0 Å². The number of unbranched alkanes of at least 4 members (excludes halogenated alkanes) is 7. The molecule has 1 rings (SSSR count). The molecule has 0 aromatic carbocycles. The maximum absolute atomic E-state index is 11.0. The van der Waals surface area contributed by atoms with Gasteiger partial charge in [0, 0.05) is 6.07 Å². The molecular weight excluding hydrogens is 226 g/mol. The van der Waals surface area contributed by atoms with Gasteiger partial charge < -0.3 is 9.94 Å². The van der Waals surface area contributed by atoms with Gasteiger partial charge in [0.1, 0.15) is 0 Å². The lowest BCUT2D eigenvalue weighted by Crippen LogP contribution is -2.24. The van der Waals surface area contributed by atoms with Crippen LogP contribution in [0.5, 0.6) is 5.75 Å². The summed E-state index contributed by atoms with van der Waals surface area (Å²) in [4.78, 5) is 0. The fourth-order valence-electron chi connectivity index (χ4n) is 1.95. The molecule has 102 valence electrons. The summed E-state index contributed by atoms with van der Waals surface area (Å²) in [5, 5.41) is 11.0. The molecule has 0 saturated carbocycles. The van der Waals surface area contributed by atoms with Gasteiger partial charge in [0.25, 0.3) is 0 Å². The van der Waals surface area contributed by atoms with Crippen LogP contribution in [0.3, 0.4) is 0 Å². The van der Waals surface area contributed by atoms with Crippen molar-refractivity contribution >= 4 is 0 Å². The summed E-state index contributed by atoms with van der Waals surface area (Å²) in [6.45, 7) is 2.95. The Bertz CT molecular complexity index is 315. The molecule has 0 saturated heterocycles. The second-order valence-corrected chi connectivity index (χ2v) is 4.72. The summed E-state index contributed by atoms with van der Waals surface area (Å²) in [7, 11) is 0. The van der Waals surface area contributed by atoms with Crippen LogP contribution in [0.25, 0.3) is 0 Å². The average molecular weight is 251 g/mol. The molecule has 0 N–H and O–H groups in total. The number of nitrogens with zero attached hydrogens (tertiary/aromatic N) is 1. The molecule has 1 heterocycles. The van der Waals surface area contributed by atoms with E-state index in [2.05, 4.69) is 6.92 Å². The summed E-state index contributed by atoms with van der Waals surface area (Å²) in [6, 6.07) is 3.52. The molecule has 1 aromatic heterocycles. The Hall–Kier alpha value is -1.25. The largest absolute Gasteiger partial charge is 0.619 e. The fraction of sp³-hybridized carbons (Fsp3) is 0.667. The lowest BCUT2D eigenvalue weighted by Gasteiger charge is -2.05. The molecule has 3 nitrogen and oxygen atoms in total. The highest BCUT2D eigenvalue weighted by atomic mass is 16.5. The van der Waals surface area contributed by atoms with Gasteiger partial charge in [0.05, 0.1) is 6.61 Å². The molecule has 0 aliphatic heterocycles. The Morgan fingerprint density at radius 2 is 1.72 bits per heavy atom. The van der Waals surface area contributed by atoms with Crippen LogP contribution in [-0.4, -0.2) is 6.61 Å². The van der Waals surface area contributed by atoms with Gasteiger partial charge in [-0.1, -0.05) is 51.9 Å². The average Bonchev–Trinajstić information content (AvgIpc) is 2.37. The van der Waals surface area contributed by atoms with Crippen LogP contribution >= 0.6 is 0 Å². The highest BCUT2D eigenvalue weighted by molar-refractivity contribution is 5.12. The molecule has 3 heteroatoms. The Morgan fingerprint density at radius 1 is 1.06 bits per heavy atom. The first kappa shape index (κ1) is 14.8. The van der Waals surface area contributed by atoms with Crippen molar-refractivity contribution in [2.75, 3.05) is 6.61 Å². The summed E-state index contributed by atoms with van der Waals surface area (Å²) < 4.78 is 6.28. The second kappa shape index (κ2) is 9.75. The Labute approximate surface area is 110 Å². The smallest absolute Gasteiger partial charge is 0.222 e. The van der Waals surface area contributed by atoms with Gasteiger partial charge in [-0.3, -0.25) is 0 Å². The van der Waals surface area contributed by atoms with Gasteiger partial charge in [0.15, 0.2) is 11.9 Å². The molecule has 0 fully saturated rings. The summed E-state index contributed by atoms with van der Waals surface area (Å²) in [5.74, 6) is 0.662. The molecule has 18 heavy (non-hydrogen) atoms. The van der Waals surface area contributed by atoms with E-state index in [9.17, 15) is 5.21 Å². The lowest BCUT2D eigenvalue weighted by atomic mass is 10.1. The lowest BCUT2D eigenvalue weighted by molar-refractivity contribution is -0.605. The summed E-state index contributed by atoms with van der Waals surface area (Å²) in [5.41, 5.74) is 0. The molecule has 0 bridgehead atoms. The van der Waals surface area contributed by atoms with Crippen LogP contribution in [-0.2, 0) is 0 Å². The maximum Gasteiger partial charge on any atom is 0.222 e. The van der Waals surface area contributed by atoms with Crippen LogP contribution in [0.15, 0.2) is 24.5 Å². The van der Waals surface area contributed by atoms with Crippen LogP contribution in [0.4, 0.5) is 0 Å². The molecule has 0 atom stereocenters. The van der Waals surface area contributed by atoms with Crippen molar-refractivity contribution in [2.45, 2.75) is 58.3 Å². The highest BCUT2D eigenvalue weighted by Crippen LogP contribution is 2.10. The van der Waals surface area contributed by atoms with Gasteiger partial charge in [-0.2, -0.15) is 4.73 Å². The van der Waals surface area contributed by atoms with Crippen molar-refractivity contribution in [3.8, 4) is 5.75 Å². The minimum absolute atomic E-state index is 0.662. The minimum Gasteiger partial charge on any atom is -0.619 e. The molecule has 0 aliphatic carbocycles. The zero-order valence-electron chi connectivity index (χ0n) is 11.4. The molecular formula is C15H25NO2. The Balaban J connectivity index is 1.92. The number of rotatable bonds is 10. The monoisotopic (exact) mass is 251 g/mol. The third kappa shape index (κ3) is 7.15. The van der Waals surface area contributed by atoms with Crippen molar-refractivity contribution in [3.05, 3.63) is 29.7 Å². The first-order chi connectivity index (χ1) is 8.83. The highest BCUT2D eigenvalue weighted by Gasteiger charge is 1.97. The third-order valence-corrected chi connectivity index (χ3v) is 3.01. The Kier molecular flexibility index (Phi) is 8.02. The van der Waals surface area contributed by atoms with Crippen molar-refractivity contribution < 1.29 is 9.47 Å². The topological polar surface area (TPSA) is 36.2 Å². The fourth-order valence-corrected chi connectivity index (χ4v) is 1.95. The van der Waals surface area contributed by atoms with Gasteiger partial charge in [-0.15, -0.1) is 0 Å². The van der Waals surface area contributed by atoms with E-state index in [0.717, 1.165) is 11.2 Å². The minimum atomic E-state index is 0.662. The molecule has 0 radical (unpaired) electrons.